The lowest BCUT2D eigenvalue weighted by atomic mass is 10.1. The Hall–Kier alpha value is -2.47. The number of hydrogen-bond acceptors (Lipinski definition) is 4. The quantitative estimate of drug-likeness (QED) is 0.565. The minimum Gasteiger partial charge on any atom is -0.497 e. The molecule has 2 aromatic rings. The van der Waals surface area contributed by atoms with Crippen LogP contribution in [0.5, 0.6) is 5.75 Å². The van der Waals surface area contributed by atoms with Crippen molar-refractivity contribution in [1.29, 1.82) is 0 Å². The predicted molar refractivity (Wildman–Crippen MR) is 131 cm³/mol. The van der Waals surface area contributed by atoms with Gasteiger partial charge in [-0.05, 0) is 49.9 Å². The van der Waals surface area contributed by atoms with Crippen LogP contribution in [0.3, 0.4) is 0 Å². The summed E-state index contributed by atoms with van der Waals surface area (Å²) in [6, 6.07) is 15.7. The van der Waals surface area contributed by atoms with Crippen molar-refractivity contribution < 1.29 is 14.3 Å². The number of aryl methyl sites for hydroxylation is 1. The maximum Gasteiger partial charge on any atom is 0.242 e. The summed E-state index contributed by atoms with van der Waals surface area (Å²) in [5.41, 5.74) is 3.36. The molecule has 1 unspecified atom stereocenters. The summed E-state index contributed by atoms with van der Waals surface area (Å²) in [7, 11) is 1.63. The summed E-state index contributed by atoms with van der Waals surface area (Å²) in [5, 5.41) is 3.15. The number of nitrogens with one attached hydrogen (secondary N) is 1. The Balaban J connectivity index is 1.66. The number of benzene rings is 2. The predicted octanol–water partition coefficient (Wildman–Crippen LogP) is 4.71. The van der Waals surface area contributed by atoms with Crippen LogP contribution in [0, 0.1) is 6.92 Å². The highest BCUT2D eigenvalue weighted by Gasteiger charge is 2.28. The topological polar surface area (TPSA) is 58.6 Å². The highest BCUT2D eigenvalue weighted by molar-refractivity contribution is 7.99. The Morgan fingerprint density at radius 1 is 1.12 bits per heavy atom. The lowest BCUT2D eigenvalue weighted by molar-refractivity contribution is -0.138. The zero-order chi connectivity index (χ0) is 22.9. The molecule has 1 aliphatic carbocycles. The van der Waals surface area contributed by atoms with Crippen molar-refractivity contribution in [3.63, 3.8) is 0 Å². The van der Waals surface area contributed by atoms with E-state index in [0.717, 1.165) is 42.7 Å². The lowest BCUT2D eigenvalue weighted by Crippen LogP contribution is -2.50. The van der Waals surface area contributed by atoms with Gasteiger partial charge in [0.1, 0.15) is 11.8 Å². The van der Waals surface area contributed by atoms with Crippen molar-refractivity contribution in [2.45, 2.75) is 63.9 Å². The third-order valence-corrected chi connectivity index (χ3v) is 6.96. The van der Waals surface area contributed by atoms with Crippen LogP contribution in [-0.2, 0) is 21.9 Å². The number of hydrogen-bond donors (Lipinski definition) is 1. The molecule has 1 aliphatic rings. The Bertz CT molecular complexity index is 894. The first kappa shape index (κ1) is 24.2. The van der Waals surface area contributed by atoms with E-state index in [-0.39, 0.29) is 17.9 Å². The van der Waals surface area contributed by atoms with Gasteiger partial charge in [-0.3, -0.25) is 9.59 Å². The molecule has 6 heteroatoms. The van der Waals surface area contributed by atoms with Crippen LogP contribution < -0.4 is 10.1 Å². The molecule has 0 bridgehead atoms. The van der Waals surface area contributed by atoms with E-state index < -0.39 is 6.04 Å². The summed E-state index contributed by atoms with van der Waals surface area (Å²) in [6.45, 7) is 4.27. The largest absolute Gasteiger partial charge is 0.497 e. The summed E-state index contributed by atoms with van der Waals surface area (Å²) < 4.78 is 5.33. The number of nitrogens with zero attached hydrogens (tertiary/aromatic N) is 1. The van der Waals surface area contributed by atoms with E-state index in [4.69, 9.17) is 4.74 Å². The van der Waals surface area contributed by atoms with Gasteiger partial charge in [0.05, 0.1) is 12.9 Å². The second-order valence-corrected chi connectivity index (χ2v) is 9.50. The number of carbonyl (C=O) groups is 2. The van der Waals surface area contributed by atoms with Crippen molar-refractivity contribution in [3.8, 4) is 5.75 Å². The van der Waals surface area contributed by atoms with Crippen LogP contribution in [0.2, 0.25) is 0 Å². The standard InChI is InChI=1S/C26H34N2O3S/c1-19-11-13-21(14-12-19)17-32-18-25(29)28(16-22-7-6-10-24(15-22)31-3)20(2)26(30)27-23-8-4-5-9-23/h6-7,10-15,20,23H,4-5,8-9,16-18H2,1-3H3,(H,27,30). The highest BCUT2D eigenvalue weighted by Crippen LogP contribution is 2.21. The Labute approximate surface area is 195 Å². The highest BCUT2D eigenvalue weighted by atomic mass is 32.2. The lowest BCUT2D eigenvalue weighted by Gasteiger charge is -2.30. The van der Waals surface area contributed by atoms with Crippen LogP contribution in [0.15, 0.2) is 48.5 Å². The molecule has 0 heterocycles. The summed E-state index contributed by atoms with van der Waals surface area (Å²) in [5.74, 6) is 1.74. The molecule has 2 aromatic carbocycles. The van der Waals surface area contributed by atoms with Gasteiger partial charge in [-0.2, -0.15) is 0 Å². The van der Waals surface area contributed by atoms with Crippen LogP contribution in [-0.4, -0.2) is 41.7 Å². The minimum absolute atomic E-state index is 0.0287. The number of carbonyl (C=O) groups excluding carboxylic acids is 2. The van der Waals surface area contributed by atoms with E-state index in [1.807, 2.05) is 31.2 Å². The van der Waals surface area contributed by atoms with Gasteiger partial charge in [0.15, 0.2) is 0 Å². The van der Waals surface area contributed by atoms with Gasteiger partial charge in [0, 0.05) is 18.3 Å². The number of amides is 2. The van der Waals surface area contributed by atoms with Gasteiger partial charge in [0.25, 0.3) is 0 Å². The summed E-state index contributed by atoms with van der Waals surface area (Å²) in [4.78, 5) is 27.9. The molecule has 1 saturated carbocycles. The summed E-state index contributed by atoms with van der Waals surface area (Å²) in [6.07, 6.45) is 4.35. The van der Waals surface area contributed by atoms with E-state index in [9.17, 15) is 9.59 Å². The van der Waals surface area contributed by atoms with E-state index in [0.29, 0.717) is 12.3 Å². The first-order chi connectivity index (χ1) is 15.5. The molecule has 0 aromatic heterocycles. The number of rotatable bonds is 10. The monoisotopic (exact) mass is 454 g/mol. The Kier molecular flexibility index (Phi) is 9.03. The van der Waals surface area contributed by atoms with Gasteiger partial charge in [-0.15, -0.1) is 11.8 Å². The van der Waals surface area contributed by atoms with Gasteiger partial charge in [-0.25, -0.2) is 0 Å². The van der Waals surface area contributed by atoms with Gasteiger partial charge in [0.2, 0.25) is 11.8 Å². The van der Waals surface area contributed by atoms with Crippen molar-refractivity contribution in [2.75, 3.05) is 12.9 Å². The summed E-state index contributed by atoms with van der Waals surface area (Å²) >= 11 is 1.58. The first-order valence-corrected chi connectivity index (χ1v) is 12.5. The maximum absolute atomic E-state index is 13.2. The zero-order valence-electron chi connectivity index (χ0n) is 19.3. The van der Waals surface area contributed by atoms with Crippen LogP contribution >= 0.6 is 11.8 Å². The van der Waals surface area contributed by atoms with Gasteiger partial charge < -0.3 is 15.0 Å². The van der Waals surface area contributed by atoms with Crippen LogP contribution in [0.4, 0.5) is 0 Å². The van der Waals surface area contributed by atoms with Gasteiger partial charge in [-0.1, -0.05) is 54.8 Å². The molecule has 32 heavy (non-hydrogen) atoms. The van der Waals surface area contributed by atoms with Crippen molar-refractivity contribution in [2.24, 2.45) is 0 Å². The van der Waals surface area contributed by atoms with Crippen LogP contribution in [0.1, 0.15) is 49.3 Å². The van der Waals surface area contributed by atoms with E-state index >= 15 is 0 Å². The van der Waals surface area contributed by atoms with Crippen LogP contribution in [0.25, 0.3) is 0 Å². The third-order valence-electron chi connectivity index (χ3n) is 5.97. The molecule has 0 spiro atoms. The fourth-order valence-corrected chi connectivity index (χ4v) is 4.84. The average molecular weight is 455 g/mol. The molecule has 3 rings (SSSR count). The second-order valence-electron chi connectivity index (χ2n) is 8.52. The van der Waals surface area contributed by atoms with E-state index in [2.05, 4.69) is 36.5 Å². The maximum atomic E-state index is 13.2. The number of thioether (sulfide) groups is 1. The van der Waals surface area contributed by atoms with E-state index in [1.54, 1.807) is 23.8 Å². The van der Waals surface area contributed by atoms with Crippen molar-refractivity contribution >= 4 is 23.6 Å². The fraction of sp³-hybridized carbons (Fsp3) is 0.462. The molecule has 0 radical (unpaired) electrons. The fourth-order valence-electron chi connectivity index (χ4n) is 3.97. The molecular weight excluding hydrogens is 420 g/mol. The smallest absolute Gasteiger partial charge is 0.242 e. The van der Waals surface area contributed by atoms with Gasteiger partial charge >= 0.3 is 0 Å². The molecule has 0 saturated heterocycles. The molecule has 172 valence electrons. The average Bonchev–Trinajstić information content (AvgIpc) is 3.31. The van der Waals surface area contributed by atoms with Crippen molar-refractivity contribution in [1.82, 2.24) is 10.2 Å². The molecule has 1 fully saturated rings. The zero-order valence-corrected chi connectivity index (χ0v) is 20.1. The Morgan fingerprint density at radius 2 is 1.84 bits per heavy atom. The first-order valence-electron chi connectivity index (χ1n) is 11.3. The number of methoxy groups -OCH3 is 1. The molecule has 1 atom stereocenters. The normalized spacial score (nSPS) is 14.7. The molecule has 1 N–H and O–H groups in total. The molecule has 2 amide bonds. The second kappa shape index (κ2) is 12.0. The molecule has 0 aliphatic heterocycles. The third kappa shape index (κ3) is 7.02. The Morgan fingerprint density at radius 3 is 2.53 bits per heavy atom. The van der Waals surface area contributed by atoms with Crippen molar-refractivity contribution in [3.05, 3.63) is 65.2 Å². The SMILES string of the molecule is COc1cccc(CN(C(=O)CSCc2ccc(C)cc2)C(C)C(=O)NC2CCCC2)c1. The molecular formula is C26H34N2O3S. The number of ether oxygens (including phenoxy) is 1. The molecule has 5 nitrogen and oxygen atoms in total. The van der Waals surface area contributed by atoms with E-state index in [1.165, 1.54) is 11.1 Å². The minimum atomic E-state index is -0.533.